The number of hydrogen-bond acceptors (Lipinski definition) is 3. The molecule has 0 fully saturated rings. The molecule has 33 heavy (non-hydrogen) atoms. The Hall–Kier alpha value is -1.16. The van der Waals surface area contributed by atoms with E-state index in [1.165, 1.54) is 75.3 Å². The zero-order valence-electron chi connectivity index (χ0n) is 22.8. The summed E-state index contributed by atoms with van der Waals surface area (Å²) in [7, 11) is 0. The van der Waals surface area contributed by atoms with Gasteiger partial charge in [0.15, 0.2) is 0 Å². The van der Waals surface area contributed by atoms with E-state index in [1.54, 1.807) is 6.92 Å². The fourth-order valence-corrected chi connectivity index (χ4v) is 5.12. The van der Waals surface area contributed by atoms with E-state index in [2.05, 4.69) is 65.3 Å². The third-order valence-corrected chi connectivity index (χ3v) is 7.48. The molecule has 0 aromatic heterocycles. The minimum absolute atomic E-state index is 0.0149. The van der Waals surface area contributed by atoms with Gasteiger partial charge >= 0.3 is 0 Å². The maximum atomic E-state index is 11.7. The van der Waals surface area contributed by atoms with E-state index in [9.17, 15) is 9.90 Å². The van der Waals surface area contributed by atoms with Crippen LogP contribution in [-0.4, -0.2) is 11.0 Å². The van der Waals surface area contributed by atoms with Crippen LogP contribution in [0.3, 0.4) is 0 Å². The molecule has 0 spiro atoms. The van der Waals surface area contributed by atoms with Gasteiger partial charge in [0.2, 0.25) is 5.91 Å². The van der Waals surface area contributed by atoms with Crippen molar-refractivity contribution < 1.29 is 9.90 Å². The third-order valence-electron chi connectivity index (χ3n) is 6.28. The van der Waals surface area contributed by atoms with Crippen LogP contribution in [0.5, 0.6) is 5.75 Å². The van der Waals surface area contributed by atoms with E-state index in [-0.39, 0.29) is 22.0 Å². The number of aromatic hydroxyl groups is 1. The number of carbonyl (C=O) groups excluding carboxylic acids is 1. The summed E-state index contributed by atoms with van der Waals surface area (Å²) in [5.74, 6) is 0.403. The first-order valence-corrected chi connectivity index (χ1v) is 14.1. The Morgan fingerprint density at radius 1 is 0.848 bits per heavy atom. The highest BCUT2D eigenvalue weighted by atomic mass is 32.2. The molecule has 0 saturated carbocycles. The van der Waals surface area contributed by atoms with Gasteiger partial charge < -0.3 is 5.11 Å². The summed E-state index contributed by atoms with van der Waals surface area (Å²) in [6.45, 7) is 16.7. The molecule has 0 aliphatic heterocycles. The second-order valence-corrected chi connectivity index (χ2v) is 12.7. The van der Waals surface area contributed by atoms with Gasteiger partial charge in [-0.05, 0) is 45.9 Å². The molecule has 0 aliphatic carbocycles. The van der Waals surface area contributed by atoms with Crippen molar-refractivity contribution in [2.75, 3.05) is 0 Å². The van der Waals surface area contributed by atoms with E-state index in [1.807, 2.05) is 0 Å². The van der Waals surface area contributed by atoms with Crippen LogP contribution in [0.4, 0.5) is 0 Å². The second-order valence-electron chi connectivity index (χ2n) is 11.7. The number of phenolic OH excluding ortho intramolecular Hbond substituents is 1. The molecule has 3 nitrogen and oxygen atoms in total. The van der Waals surface area contributed by atoms with Crippen LogP contribution >= 0.6 is 11.9 Å². The monoisotopic (exact) mass is 477 g/mol. The molecule has 1 aromatic rings. The number of amides is 1. The topological polar surface area (TPSA) is 49.3 Å². The van der Waals surface area contributed by atoms with Crippen molar-refractivity contribution in [1.82, 2.24) is 4.72 Å². The highest BCUT2D eigenvalue weighted by molar-refractivity contribution is 7.98. The van der Waals surface area contributed by atoms with Crippen molar-refractivity contribution in [2.45, 2.75) is 142 Å². The fourth-order valence-electron chi connectivity index (χ4n) is 4.25. The number of rotatable bonds is 14. The lowest BCUT2D eigenvalue weighted by atomic mass is 9.78. The predicted molar refractivity (Wildman–Crippen MR) is 146 cm³/mol. The number of phenols is 1. The van der Waals surface area contributed by atoms with E-state index < -0.39 is 0 Å². The predicted octanol–water partition coefficient (Wildman–Crippen LogP) is 9.12. The van der Waals surface area contributed by atoms with Crippen LogP contribution in [0.25, 0.3) is 0 Å². The Balaban J connectivity index is 2.87. The minimum atomic E-state index is -0.152. The number of nitrogens with one attached hydrogen (secondary N) is 1. The second kappa shape index (κ2) is 14.3. The van der Waals surface area contributed by atoms with Crippen LogP contribution in [-0.2, 0) is 15.6 Å². The molecule has 0 aliphatic rings. The van der Waals surface area contributed by atoms with Gasteiger partial charge in [-0.25, -0.2) is 0 Å². The summed E-state index contributed by atoms with van der Waals surface area (Å²) < 4.78 is 2.98. The molecule has 0 radical (unpaired) electrons. The third kappa shape index (κ3) is 11.2. The summed E-state index contributed by atoms with van der Waals surface area (Å²) >= 11 is 1.53. The van der Waals surface area contributed by atoms with Crippen LogP contribution < -0.4 is 4.72 Å². The van der Waals surface area contributed by atoms with Gasteiger partial charge in [0.1, 0.15) is 5.75 Å². The lowest BCUT2D eigenvalue weighted by Gasteiger charge is -2.30. The minimum Gasteiger partial charge on any atom is -0.507 e. The summed E-state index contributed by atoms with van der Waals surface area (Å²) in [5, 5.41) is 11.3. The van der Waals surface area contributed by atoms with Crippen LogP contribution in [0, 0.1) is 0 Å². The van der Waals surface area contributed by atoms with Gasteiger partial charge in [0, 0.05) is 12.2 Å². The largest absolute Gasteiger partial charge is 0.507 e. The maximum Gasteiger partial charge on any atom is 0.226 e. The Bertz CT molecular complexity index is 680. The van der Waals surface area contributed by atoms with E-state index in [0.717, 1.165) is 24.0 Å². The summed E-state index contributed by atoms with van der Waals surface area (Å²) in [4.78, 5) is 11.7. The molecule has 4 heteroatoms. The van der Waals surface area contributed by atoms with Crippen molar-refractivity contribution in [1.29, 1.82) is 0 Å². The standard InChI is InChI=1S/C29H51NO2S/c1-9-10-11-12-13-14-15-16-17-18-19-26(33-30-22(2)31)23-20-24(28(3,4)5)27(32)25(21-23)29(6,7)8/h20-21,26,32H,9-19H2,1-8H3,(H,30,31). The molecule has 1 unspecified atom stereocenters. The number of benzene rings is 1. The first-order valence-electron chi connectivity index (χ1n) is 13.2. The molecule has 0 bridgehead atoms. The van der Waals surface area contributed by atoms with Crippen molar-refractivity contribution in [3.05, 3.63) is 28.8 Å². The van der Waals surface area contributed by atoms with Crippen molar-refractivity contribution in [2.24, 2.45) is 0 Å². The van der Waals surface area contributed by atoms with E-state index in [4.69, 9.17) is 0 Å². The molecular formula is C29H51NO2S. The van der Waals surface area contributed by atoms with Crippen molar-refractivity contribution in [3.63, 3.8) is 0 Å². The van der Waals surface area contributed by atoms with Crippen LogP contribution in [0.2, 0.25) is 0 Å². The zero-order valence-corrected chi connectivity index (χ0v) is 23.6. The van der Waals surface area contributed by atoms with Gasteiger partial charge in [0.05, 0.1) is 0 Å². The van der Waals surface area contributed by atoms with Gasteiger partial charge in [0.25, 0.3) is 0 Å². The number of unbranched alkanes of at least 4 members (excludes halogenated alkanes) is 9. The van der Waals surface area contributed by atoms with Gasteiger partial charge in [-0.15, -0.1) is 0 Å². The zero-order chi connectivity index (χ0) is 25.1. The number of hydrogen-bond donors (Lipinski definition) is 2. The Morgan fingerprint density at radius 3 is 1.67 bits per heavy atom. The average molecular weight is 478 g/mol. The molecule has 1 rings (SSSR count). The molecular weight excluding hydrogens is 426 g/mol. The highest BCUT2D eigenvalue weighted by Crippen LogP contribution is 2.43. The first kappa shape index (κ1) is 29.9. The maximum absolute atomic E-state index is 11.7. The molecule has 1 aromatic carbocycles. The molecule has 0 saturated heterocycles. The lowest BCUT2D eigenvalue weighted by Crippen LogP contribution is -2.19. The van der Waals surface area contributed by atoms with Crippen molar-refractivity contribution in [3.8, 4) is 5.75 Å². The van der Waals surface area contributed by atoms with Crippen LogP contribution in [0.15, 0.2) is 12.1 Å². The van der Waals surface area contributed by atoms with Crippen molar-refractivity contribution >= 4 is 17.9 Å². The molecule has 190 valence electrons. The SMILES string of the molecule is CCCCCCCCCCCCC(SNC(C)=O)c1cc(C(C)(C)C)c(O)c(C(C)(C)C)c1. The number of carbonyl (C=O) groups is 1. The normalized spacial score (nSPS) is 13.2. The van der Waals surface area contributed by atoms with Gasteiger partial charge in [-0.1, -0.05) is 125 Å². The summed E-state index contributed by atoms with van der Waals surface area (Å²) in [6, 6.07) is 4.33. The first-order chi connectivity index (χ1) is 15.4. The Morgan fingerprint density at radius 2 is 1.27 bits per heavy atom. The van der Waals surface area contributed by atoms with Gasteiger partial charge in [-0.2, -0.15) is 0 Å². The summed E-state index contributed by atoms with van der Waals surface area (Å²) in [6.07, 6.45) is 14.2. The Labute approximate surface area is 209 Å². The van der Waals surface area contributed by atoms with Crippen LogP contribution in [0.1, 0.15) is 148 Å². The molecule has 1 atom stereocenters. The molecule has 0 heterocycles. The smallest absolute Gasteiger partial charge is 0.226 e. The summed E-state index contributed by atoms with van der Waals surface area (Å²) in [5.41, 5.74) is 2.88. The van der Waals surface area contributed by atoms with Gasteiger partial charge in [-0.3, -0.25) is 9.52 Å². The van der Waals surface area contributed by atoms with E-state index >= 15 is 0 Å². The molecule has 1 amide bonds. The Kier molecular flexibility index (Phi) is 12.9. The molecule has 2 N–H and O–H groups in total. The van der Waals surface area contributed by atoms with E-state index in [0.29, 0.717) is 5.75 Å². The average Bonchev–Trinajstić information content (AvgIpc) is 2.70. The quantitative estimate of drug-likeness (QED) is 0.207. The lowest BCUT2D eigenvalue weighted by molar-refractivity contribution is -0.117. The highest BCUT2D eigenvalue weighted by Gasteiger charge is 2.28. The fraction of sp³-hybridized carbons (Fsp3) is 0.759.